The Morgan fingerprint density at radius 1 is 0.205 bits per heavy atom. The zero-order chi connectivity index (χ0) is 77.9. The number of benzene rings is 18. The number of thiophene rings is 1. The lowest BCUT2D eigenvalue weighted by Crippen LogP contribution is -2.28. The summed E-state index contributed by atoms with van der Waals surface area (Å²) in [6, 6.07) is 157. The molecule has 4 aliphatic rings. The van der Waals surface area contributed by atoms with Crippen molar-refractivity contribution in [3.05, 3.63) is 479 Å². The molecule has 552 valence electrons. The summed E-state index contributed by atoms with van der Waals surface area (Å²) < 4.78 is 2.54. The van der Waals surface area contributed by atoms with Gasteiger partial charge in [0.05, 0.1) is 22.2 Å². The van der Waals surface area contributed by atoms with Crippen molar-refractivity contribution in [2.45, 2.75) is 49.4 Å². The lowest BCUT2D eigenvalue weighted by molar-refractivity contribution is 0.662. The highest BCUT2D eigenvalue weighted by Crippen LogP contribution is 2.63. The third kappa shape index (κ3) is 10.1. The maximum atomic E-state index is 2.62. The van der Waals surface area contributed by atoms with Gasteiger partial charge in [-0.25, -0.2) is 0 Å². The molecule has 0 saturated heterocycles. The lowest BCUT2D eigenvalue weighted by Gasteiger charge is -2.35. The summed E-state index contributed by atoms with van der Waals surface area (Å²) in [7, 11) is 0. The van der Waals surface area contributed by atoms with Crippen molar-refractivity contribution >= 4 is 76.4 Å². The Balaban J connectivity index is 0.772. The van der Waals surface area contributed by atoms with Gasteiger partial charge in [0, 0.05) is 64.9 Å². The molecule has 1 aromatic heterocycles. The number of nitrogens with zero attached hydrogens (tertiary/aromatic N) is 2. The van der Waals surface area contributed by atoms with Crippen LogP contribution in [-0.2, 0) is 21.7 Å². The van der Waals surface area contributed by atoms with E-state index in [0.29, 0.717) is 0 Å². The van der Waals surface area contributed by atoms with Gasteiger partial charge in [-0.2, -0.15) is 0 Å². The second kappa shape index (κ2) is 26.3. The molecule has 0 bridgehead atoms. The van der Waals surface area contributed by atoms with Crippen LogP contribution in [0.4, 0.5) is 34.1 Å². The van der Waals surface area contributed by atoms with E-state index in [-0.39, 0.29) is 10.8 Å². The predicted molar refractivity (Wildman–Crippen MR) is 492 cm³/mol. The minimum Gasteiger partial charge on any atom is -0.310 e. The van der Waals surface area contributed by atoms with E-state index < -0.39 is 10.8 Å². The molecule has 0 unspecified atom stereocenters. The molecule has 1 heterocycles. The van der Waals surface area contributed by atoms with Crippen molar-refractivity contribution in [3.8, 4) is 77.9 Å². The van der Waals surface area contributed by atoms with Crippen LogP contribution < -0.4 is 9.80 Å². The second-order valence-electron chi connectivity index (χ2n) is 33.3. The molecule has 0 fully saturated rings. The first-order valence-corrected chi connectivity index (χ1v) is 41.8. The molecule has 0 aliphatic heterocycles. The van der Waals surface area contributed by atoms with Crippen molar-refractivity contribution in [1.29, 1.82) is 0 Å². The maximum absolute atomic E-state index is 2.62. The van der Waals surface area contributed by atoms with Gasteiger partial charge < -0.3 is 9.80 Å². The molecule has 2 nitrogen and oxygen atoms in total. The monoisotopic (exact) mass is 1510 g/mol. The summed E-state index contributed by atoms with van der Waals surface area (Å²) in [5.74, 6) is 0. The molecule has 0 radical (unpaired) electrons. The SMILES string of the molecule is CC1(C)c2ccccc2-c2cccc(-c3ccccc3N(c3ccc4c(c3)C(c3ccccc3)(c3ccccc3)c3ccc(-c5ccc(-c6cccc7c6C(C)(C)c6ccccc6-7)c(N(c6ccc7c(c6)C(c6ccccc6)(c6ccccc6)c6ccccc6-7)c6ccc7sc8ccccc8c7c6)c5)cc3-4)c3ccc4ccccc4c3)c21. The molecular weight excluding hydrogens is 1430 g/mol. The van der Waals surface area contributed by atoms with Gasteiger partial charge in [-0.15, -0.1) is 11.3 Å². The Hall–Kier alpha value is -14.0. The van der Waals surface area contributed by atoms with Crippen LogP contribution in [0.2, 0.25) is 0 Å². The van der Waals surface area contributed by atoms with E-state index >= 15 is 0 Å². The third-order valence-electron chi connectivity index (χ3n) is 26.6. The highest BCUT2D eigenvalue weighted by molar-refractivity contribution is 7.25. The minimum atomic E-state index is -0.747. The van der Waals surface area contributed by atoms with Crippen LogP contribution in [0.25, 0.3) is 109 Å². The molecule has 0 saturated carbocycles. The highest BCUT2D eigenvalue weighted by atomic mass is 32.1. The maximum Gasteiger partial charge on any atom is 0.0714 e. The molecule has 19 aromatic rings. The first kappa shape index (κ1) is 68.6. The van der Waals surface area contributed by atoms with Crippen molar-refractivity contribution in [2.24, 2.45) is 0 Å². The standard InChI is InChI=1S/C114H80N2S/c1-111(2)99-50-24-19-42-86(99)93-46-29-48-95(109(93)111)90-44-22-27-53-105(90)115(81-58-55-73-31-17-18-32-74(73)67-81)83-60-64-89-97-68-75(57-65-102(97)114(104(89)71-83,79-37-13-7-14-38-79)80-39-15-8-16-40-80)76-56-62-91(96-49-30-47-94-87-43-20-25-51-100(87)112(3,4)110(94)96)106(69-76)116(82-61-66-108-98(70-82)92-45-23-28-54-107(92)117-108)84-59-63-88-85-41-21-26-52-101(85)113(103(88)72-84,77-33-9-5-10-34-77)78-35-11-6-12-36-78/h5-72H,1-4H3. The Kier molecular flexibility index (Phi) is 15.4. The highest BCUT2D eigenvalue weighted by Gasteiger charge is 2.49. The summed E-state index contributed by atoms with van der Waals surface area (Å²) in [4.78, 5) is 5.16. The average molecular weight is 1510 g/mol. The topological polar surface area (TPSA) is 6.48 Å². The van der Waals surface area contributed by atoms with Crippen LogP contribution in [0.1, 0.15) is 94.5 Å². The largest absolute Gasteiger partial charge is 0.310 e. The number of para-hydroxylation sites is 1. The first-order valence-electron chi connectivity index (χ1n) is 41.0. The van der Waals surface area contributed by atoms with Gasteiger partial charge in [0.15, 0.2) is 0 Å². The molecule has 0 N–H and O–H groups in total. The van der Waals surface area contributed by atoms with Gasteiger partial charge in [0.25, 0.3) is 0 Å². The number of rotatable bonds is 13. The Morgan fingerprint density at radius 2 is 0.573 bits per heavy atom. The number of fused-ring (bicyclic) bond motifs is 16. The summed E-state index contributed by atoms with van der Waals surface area (Å²) in [5.41, 5.74) is 36.9. The summed E-state index contributed by atoms with van der Waals surface area (Å²) >= 11 is 1.87. The van der Waals surface area contributed by atoms with Crippen LogP contribution in [-0.4, -0.2) is 0 Å². The summed E-state index contributed by atoms with van der Waals surface area (Å²) in [5, 5.41) is 4.88. The smallest absolute Gasteiger partial charge is 0.0714 e. The van der Waals surface area contributed by atoms with E-state index in [4.69, 9.17) is 0 Å². The van der Waals surface area contributed by atoms with E-state index in [1.807, 2.05) is 11.3 Å². The molecule has 0 amide bonds. The zero-order valence-electron chi connectivity index (χ0n) is 65.6. The molecule has 23 rings (SSSR count). The fourth-order valence-corrected chi connectivity index (χ4v) is 22.6. The fraction of sp³-hybridized carbons (Fsp3) is 0.0702. The first-order chi connectivity index (χ1) is 57.5. The number of hydrogen-bond donors (Lipinski definition) is 0. The van der Waals surface area contributed by atoms with Crippen LogP contribution in [0, 0.1) is 0 Å². The normalized spacial score (nSPS) is 14.3. The second-order valence-corrected chi connectivity index (χ2v) is 34.3. The van der Waals surface area contributed by atoms with E-state index in [9.17, 15) is 0 Å². The molecular formula is C114H80N2S. The van der Waals surface area contributed by atoms with Gasteiger partial charge in [0.1, 0.15) is 0 Å². The van der Waals surface area contributed by atoms with Gasteiger partial charge in [-0.1, -0.05) is 361 Å². The summed E-state index contributed by atoms with van der Waals surface area (Å²) in [6.45, 7) is 9.67. The molecule has 0 spiro atoms. The van der Waals surface area contributed by atoms with E-state index in [2.05, 4.69) is 450 Å². The minimum absolute atomic E-state index is 0.244. The van der Waals surface area contributed by atoms with Crippen LogP contribution in [0.5, 0.6) is 0 Å². The number of hydrogen-bond acceptors (Lipinski definition) is 3. The van der Waals surface area contributed by atoms with Gasteiger partial charge >= 0.3 is 0 Å². The Labute approximate surface area is 687 Å². The lowest BCUT2D eigenvalue weighted by atomic mass is 9.67. The van der Waals surface area contributed by atoms with Gasteiger partial charge in [-0.3, -0.25) is 0 Å². The zero-order valence-corrected chi connectivity index (χ0v) is 66.4. The molecule has 117 heavy (non-hydrogen) atoms. The molecule has 4 aliphatic carbocycles. The summed E-state index contributed by atoms with van der Waals surface area (Å²) in [6.07, 6.45) is 0. The van der Waals surface area contributed by atoms with E-state index in [0.717, 1.165) is 50.8 Å². The predicted octanol–water partition coefficient (Wildman–Crippen LogP) is 30.5. The van der Waals surface area contributed by atoms with Crippen molar-refractivity contribution < 1.29 is 0 Å². The van der Waals surface area contributed by atoms with Crippen LogP contribution >= 0.6 is 11.3 Å². The number of anilines is 6. The Bertz CT molecular complexity index is 7190. The Morgan fingerprint density at radius 3 is 1.15 bits per heavy atom. The quantitative estimate of drug-likeness (QED) is 0.114. The molecule has 18 aromatic carbocycles. The third-order valence-corrected chi connectivity index (χ3v) is 27.7. The van der Waals surface area contributed by atoms with Crippen LogP contribution in [0.3, 0.4) is 0 Å². The van der Waals surface area contributed by atoms with Crippen molar-refractivity contribution in [3.63, 3.8) is 0 Å². The van der Waals surface area contributed by atoms with E-state index in [1.54, 1.807) is 0 Å². The van der Waals surface area contributed by atoms with Gasteiger partial charge in [0.2, 0.25) is 0 Å². The van der Waals surface area contributed by atoms with E-state index in [1.165, 1.54) is 159 Å². The molecule has 0 atom stereocenters. The van der Waals surface area contributed by atoms with Gasteiger partial charge in [-0.05, 0) is 223 Å². The van der Waals surface area contributed by atoms with Crippen LogP contribution in [0.15, 0.2) is 413 Å². The van der Waals surface area contributed by atoms with Crippen molar-refractivity contribution in [1.82, 2.24) is 0 Å². The van der Waals surface area contributed by atoms with Crippen molar-refractivity contribution in [2.75, 3.05) is 9.80 Å². The average Bonchev–Trinajstić information content (AvgIpc) is 1.53. The fourth-order valence-electron chi connectivity index (χ4n) is 21.6. The molecule has 3 heteroatoms.